The lowest BCUT2D eigenvalue weighted by molar-refractivity contribution is -0.129. The van der Waals surface area contributed by atoms with Gasteiger partial charge in [0.1, 0.15) is 0 Å². The van der Waals surface area contributed by atoms with Gasteiger partial charge in [0.05, 0.1) is 27.8 Å². The van der Waals surface area contributed by atoms with Crippen LogP contribution in [0, 0.1) is 6.92 Å². The first-order chi connectivity index (χ1) is 9.42. The van der Waals surface area contributed by atoms with Gasteiger partial charge in [0.25, 0.3) is 0 Å². The molecule has 5 heteroatoms. The van der Waals surface area contributed by atoms with E-state index in [1.54, 1.807) is 0 Å². The van der Waals surface area contributed by atoms with Gasteiger partial charge in [-0.05, 0) is 56.7 Å². The van der Waals surface area contributed by atoms with Gasteiger partial charge in [-0.15, -0.1) is 0 Å². The Morgan fingerprint density at radius 1 is 1.40 bits per heavy atom. The lowest BCUT2D eigenvalue weighted by Crippen LogP contribution is -2.49. The maximum absolute atomic E-state index is 12.9. The highest BCUT2D eigenvalue weighted by Gasteiger charge is 2.42. The van der Waals surface area contributed by atoms with Crippen LogP contribution in [0.3, 0.4) is 0 Å². The predicted molar refractivity (Wildman–Crippen MR) is 83.9 cm³/mol. The number of carbonyl (C=O) groups is 1. The molecule has 0 N–H and O–H groups in total. The molecule has 112 valence electrons. The quantitative estimate of drug-likeness (QED) is 0.826. The summed E-state index contributed by atoms with van der Waals surface area (Å²) in [5, 5.41) is 4.48. The fraction of sp³-hybridized carbons (Fsp3) is 0.733. The number of likely N-dealkylation sites (N-methyl/N-ethyl adjacent to an activating group) is 1. The molecule has 0 bridgehead atoms. The Morgan fingerprint density at radius 2 is 2.00 bits per heavy atom. The van der Waals surface area contributed by atoms with Crippen LogP contribution in [0.5, 0.6) is 0 Å². The molecule has 0 saturated heterocycles. The molecule has 1 aliphatic rings. The normalized spacial score (nSPS) is 17.9. The van der Waals surface area contributed by atoms with Crippen LogP contribution in [0.4, 0.5) is 0 Å². The maximum Gasteiger partial charge on any atom is 0.159 e. The molecule has 0 atom stereocenters. The number of halogens is 1. The number of rotatable bonds is 5. The van der Waals surface area contributed by atoms with Crippen LogP contribution in [-0.4, -0.2) is 40.1 Å². The molecule has 1 aliphatic carbocycles. The summed E-state index contributed by atoms with van der Waals surface area (Å²) < 4.78 is 2.93. The average molecular weight is 342 g/mol. The molecule has 1 aromatic heterocycles. The molecular formula is C15H24BrN3O. The second-order valence-electron chi connectivity index (χ2n) is 5.89. The highest BCUT2D eigenvalue weighted by atomic mass is 79.9. The lowest BCUT2D eigenvalue weighted by Gasteiger charge is -2.34. The van der Waals surface area contributed by atoms with Gasteiger partial charge in [0, 0.05) is 6.54 Å². The van der Waals surface area contributed by atoms with Crippen molar-refractivity contribution in [2.24, 2.45) is 0 Å². The highest BCUT2D eigenvalue weighted by molar-refractivity contribution is 9.10. The van der Waals surface area contributed by atoms with Crippen LogP contribution in [0.1, 0.15) is 44.0 Å². The number of hydrogen-bond acceptors (Lipinski definition) is 3. The van der Waals surface area contributed by atoms with E-state index in [0.717, 1.165) is 48.1 Å². The van der Waals surface area contributed by atoms with Crippen molar-refractivity contribution in [3.63, 3.8) is 0 Å². The van der Waals surface area contributed by atoms with Crippen LogP contribution in [0.2, 0.25) is 0 Å². The third-order valence-electron chi connectivity index (χ3n) is 4.59. The first-order valence-electron chi connectivity index (χ1n) is 7.35. The van der Waals surface area contributed by atoms with Gasteiger partial charge in [-0.2, -0.15) is 5.10 Å². The smallest absolute Gasteiger partial charge is 0.159 e. The Hall–Kier alpha value is -0.680. The molecule has 1 fully saturated rings. The first kappa shape index (κ1) is 15.7. The molecule has 4 nitrogen and oxygen atoms in total. The van der Waals surface area contributed by atoms with Crippen LogP contribution < -0.4 is 0 Å². The fourth-order valence-corrected chi connectivity index (χ4v) is 3.71. The van der Waals surface area contributed by atoms with Crippen LogP contribution in [-0.2, 0) is 17.8 Å². The molecule has 0 radical (unpaired) electrons. The van der Waals surface area contributed by atoms with Crippen molar-refractivity contribution in [3.05, 3.63) is 15.9 Å². The Kier molecular flexibility index (Phi) is 4.69. The number of aromatic nitrogens is 2. The van der Waals surface area contributed by atoms with Crippen molar-refractivity contribution in [3.8, 4) is 0 Å². The van der Waals surface area contributed by atoms with E-state index in [2.05, 4.69) is 32.9 Å². The third-order valence-corrected chi connectivity index (χ3v) is 5.62. The molecular weight excluding hydrogens is 318 g/mol. The van der Waals surface area contributed by atoms with E-state index in [9.17, 15) is 4.79 Å². The van der Waals surface area contributed by atoms with Gasteiger partial charge >= 0.3 is 0 Å². The summed E-state index contributed by atoms with van der Waals surface area (Å²) in [7, 11) is 4.06. The van der Waals surface area contributed by atoms with Gasteiger partial charge in [-0.3, -0.25) is 14.4 Å². The summed E-state index contributed by atoms with van der Waals surface area (Å²) in [6, 6.07) is 0. The van der Waals surface area contributed by atoms with E-state index in [-0.39, 0.29) is 5.54 Å². The minimum absolute atomic E-state index is 0.268. The van der Waals surface area contributed by atoms with Gasteiger partial charge < -0.3 is 0 Å². The molecule has 0 aliphatic heterocycles. The van der Waals surface area contributed by atoms with Gasteiger partial charge in [0.2, 0.25) is 0 Å². The Balaban J connectivity index is 2.27. The number of aryl methyl sites for hydroxylation is 2. The van der Waals surface area contributed by atoms with Crippen molar-refractivity contribution >= 4 is 21.7 Å². The van der Waals surface area contributed by atoms with Crippen LogP contribution in [0.25, 0.3) is 0 Å². The SMILES string of the molecule is CCn1nc(C)c(Br)c1CC(=O)C1(N(C)C)CCCC1. The van der Waals surface area contributed by atoms with E-state index < -0.39 is 0 Å². The van der Waals surface area contributed by atoms with E-state index in [1.807, 2.05) is 25.7 Å². The predicted octanol–water partition coefficient (Wildman–Crippen LogP) is 2.96. The highest BCUT2D eigenvalue weighted by Crippen LogP contribution is 2.36. The molecule has 1 aromatic rings. The molecule has 0 spiro atoms. The Morgan fingerprint density at radius 3 is 2.50 bits per heavy atom. The molecule has 0 unspecified atom stereocenters. The second-order valence-corrected chi connectivity index (χ2v) is 6.69. The summed E-state index contributed by atoms with van der Waals surface area (Å²) in [4.78, 5) is 15.0. The van der Waals surface area contributed by atoms with E-state index >= 15 is 0 Å². The molecule has 0 amide bonds. The number of nitrogens with zero attached hydrogens (tertiary/aromatic N) is 3. The summed E-state index contributed by atoms with van der Waals surface area (Å²) in [6.45, 7) is 4.83. The van der Waals surface area contributed by atoms with Crippen molar-refractivity contribution in [2.45, 2.75) is 58.0 Å². The summed E-state index contributed by atoms with van der Waals surface area (Å²) in [5.41, 5.74) is 1.71. The minimum atomic E-state index is -0.268. The molecule has 2 rings (SSSR count). The summed E-state index contributed by atoms with van der Waals surface area (Å²) in [5.74, 6) is 0.329. The Labute approximate surface area is 129 Å². The first-order valence-corrected chi connectivity index (χ1v) is 8.14. The summed E-state index contributed by atoms with van der Waals surface area (Å²) >= 11 is 3.58. The number of hydrogen-bond donors (Lipinski definition) is 0. The molecule has 20 heavy (non-hydrogen) atoms. The third kappa shape index (κ3) is 2.58. The van der Waals surface area contributed by atoms with Crippen molar-refractivity contribution in [1.29, 1.82) is 0 Å². The van der Waals surface area contributed by atoms with E-state index in [4.69, 9.17) is 0 Å². The molecule has 0 aromatic carbocycles. The van der Waals surface area contributed by atoms with Gasteiger partial charge in [-0.1, -0.05) is 12.8 Å². The van der Waals surface area contributed by atoms with Gasteiger partial charge in [0.15, 0.2) is 5.78 Å². The lowest BCUT2D eigenvalue weighted by atomic mass is 9.88. The van der Waals surface area contributed by atoms with Crippen LogP contribution >= 0.6 is 15.9 Å². The standard InChI is InChI=1S/C15H24BrN3O/c1-5-19-12(14(16)11(2)17-19)10-13(20)15(18(3)4)8-6-7-9-15/h5-10H2,1-4H3. The molecule has 1 heterocycles. The van der Waals surface area contributed by atoms with E-state index in [0.29, 0.717) is 12.2 Å². The average Bonchev–Trinajstić information content (AvgIpc) is 3.00. The minimum Gasteiger partial charge on any atom is -0.297 e. The maximum atomic E-state index is 12.9. The number of carbonyl (C=O) groups excluding carboxylic acids is 1. The van der Waals surface area contributed by atoms with Crippen LogP contribution in [0.15, 0.2) is 4.47 Å². The van der Waals surface area contributed by atoms with Crippen molar-refractivity contribution in [2.75, 3.05) is 14.1 Å². The zero-order chi connectivity index (χ0) is 14.9. The molecule has 1 saturated carbocycles. The zero-order valence-electron chi connectivity index (χ0n) is 12.9. The topological polar surface area (TPSA) is 38.1 Å². The van der Waals surface area contributed by atoms with Crippen molar-refractivity contribution < 1.29 is 4.79 Å². The van der Waals surface area contributed by atoms with E-state index in [1.165, 1.54) is 0 Å². The fourth-order valence-electron chi connectivity index (χ4n) is 3.29. The van der Waals surface area contributed by atoms with Crippen molar-refractivity contribution in [1.82, 2.24) is 14.7 Å². The zero-order valence-corrected chi connectivity index (χ0v) is 14.5. The number of ketones is 1. The monoisotopic (exact) mass is 341 g/mol. The summed E-state index contributed by atoms with van der Waals surface area (Å²) in [6.07, 6.45) is 4.73. The number of Topliss-reactive ketones (excluding diaryl/α,β-unsaturated/α-hetero) is 1. The largest absolute Gasteiger partial charge is 0.297 e. The second kappa shape index (κ2) is 5.98. The van der Waals surface area contributed by atoms with Gasteiger partial charge in [-0.25, -0.2) is 0 Å². The Bertz CT molecular complexity index is 501.